The number of nitrogens with one attached hydrogen (secondary N) is 2. The van der Waals surface area contributed by atoms with E-state index in [1.165, 1.54) is 11.3 Å². The molecule has 0 spiro atoms. The van der Waals surface area contributed by atoms with Gasteiger partial charge in [-0.25, -0.2) is 4.98 Å². The smallest absolute Gasteiger partial charge is 0.251 e. The molecule has 0 saturated heterocycles. The highest BCUT2D eigenvalue weighted by atomic mass is 32.1. The molecule has 0 aliphatic heterocycles. The third-order valence-electron chi connectivity index (χ3n) is 2.48. The lowest BCUT2D eigenvalue weighted by Crippen LogP contribution is -2.33. The molecule has 0 unspecified atom stereocenters. The second-order valence-corrected chi connectivity index (χ2v) is 4.78. The first kappa shape index (κ1) is 13.2. The number of aromatic nitrogens is 1. The van der Waals surface area contributed by atoms with Gasteiger partial charge in [0.15, 0.2) is 5.13 Å². The van der Waals surface area contributed by atoms with Crippen LogP contribution in [0.2, 0.25) is 0 Å². The summed E-state index contributed by atoms with van der Waals surface area (Å²) in [4.78, 5) is 27.4. The first-order chi connectivity index (χ1) is 9.16. The summed E-state index contributed by atoms with van der Waals surface area (Å²) in [6.07, 6.45) is 1.60. The van der Waals surface area contributed by atoms with Gasteiger partial charge in [-0.1, -0.05) is 18.2 Å². The van der Waals surface area contributed by atoms with Crippen LogP contribution in [0, 0.1) is 6.92 Å². The normalized spacial score (nSPS) is 9.95. The van der Waals surface area contributed by atoms with Gasteiger partial charge in [0.05, 0.1) is 6.54 Å². The van der Waals surface area contributed by atoms with Gasteiger partial charge in [0.25, 0.3) is 5.91 Å². The fourth-order valence-corrected chi connectivity index (χ4v) is 2.08. The maximum Gasteiger partial charge on any atom is 0.251 e. The SMILES string of the molecule is Cc1ccccc1C(=O)NCC(=O)Nc1nccs1. The van der Waals surface area contributed by atoms with Crippen LogP contribution in [0.15, 0.2) is 35.8 Å². The minimum atomic E-state index is -0.295. The Morgan fingerprint density at radius 1 is 1.32 bits per heavy atom. The molecule has 0 saturated carbocycles. The maximum absolute atomic E-state index is 11.9. The molecular formula is C13H13N3O2S. The molecule has 0 aliphatic rings. The van der Waals surface area contributed by atoms with Crippen LogP contribution in [-0.4, -0.2) is 23.3 Å². The van der Waals surface area contributed by atoms with E-state index in [4.69, 9.17) is 0 Å². The Morgan fingerprint density at radius 3 is 2.79 bits per heavy atom. The Balaban J connectivity index is 1.87. The quantitative estimate of drug-likeness (QED) is 0.894. The first-order valence-electron chi connectivity index (χ1n) is 5.70. The van der Waals surface area contributed by atoms with E-state index in [1.807, 2.05) is 19.1 Å². The van der Waals surface area contributed by atoms with Gasteiger partial charge in [0.1, 0.15) is 0 Å². The predicted molar refractivity (Wildman–Crippen MR) is 74.3 cm³/mol. The van der Waals surface area contributed by atoms with Crippen LogP contribution in [0.5, 0.6) is 0 Å². The number of aryl methyl sites for hydroxylation is 1. The Hall–Kier alpha value is -2.21. The van der Waals surface area contributed by atoms with Crippen molar-refractivity contribution in [3.8, 4) is 0 Å². The fourth-order valence-electron chi connectivity index (χ4n) is 1.53. The Kier molecular flexibility index (Phi) is 4.25. The van der Waals surface area contributed by atoms with Crippen molar-refractivity contribution in [1.82, 2.24) is 10.3 Å². The fraction of sp³-hybridized carbons (Fsp3) is 0.154. The van der Waals surface area contributed by atoms with Gasteiger partial charge < -0.3 is 10.6 Å². The second kappa shape index (κ2) is 6.10. The summed E-state index contributed by atoms with van der Waals surface area (Å²) in [6.45, 7) is 1.78. The van der Waals surface area contributed by atoms with Gasteiger partial charge in [0.2, 0.25) is 5.91 Å². The number of benzene rings is 1. The van der Waals surface area contributed by atoms with E-state index in [-0.39, 0.29) is 18.4 Å². The molecule has 5 nitrogen and oxygen atoms in total. The number of nitrogens with zero attached hydrogens (tertiary/aromatic N) is 1. The zero-order valence-corrected chi connectivity index (χ0v) is 11.2. The summed E-state index contributed by atoms with van der Waals surface area (Å²) in [7, 11) is 0. The van der Waals surface area contributed by atoms with Crippen molar-refractivity contribution < 1.29 is 9.59 Å². The van der Waals surface area contributed by atoms with Gasteiger partial charge in [-0.2, -0.15) is 0 Å². The average molecular weight is 275 g/mol. The number of hydrogen-bond donors (Lipinski definition) is 2. The van der Waals surface area contributed by atoms with Crippen molar-refractivity contribution in [1.29, 1.82) is 0 Å². The van der Waals surface area contributed by atoms with Crippen molar-refractivity contribution in [2.24, 2.45) is 0 Å². The van der Waals surface area contributed by atoms with E-state index in [9.17, 15) is 9.59 Å². The van der Waals surface area contributed by atoms with E-state index in [1.54, 1.807) is 23.7 Å². The number of thiazole rings is 1. The second-order valence-electron chi connectivity index (χ2n) is 3.88. The average Bonchev–Trinajstić information content (AvgIpc) is 2.89. The molecule has 0 bridgehead atoms. The standard InChI is InChI=1S/C13H13N3O2S/c1-9-4-2-3-5-10(9)12(18)15-8-11(17)16-13-14-6-7-19-13/h2-7H,8H2,1H3,(H,15,18)(H,14,16,17). The molecule has 1 heterocycles. The molecule has 1 aromatic carbocycles. The molecule has 0 aliphatic carbocycles. The molecule has 98 valence electrons. The summed E-state index contributed by atoms with van der Waals surface area (Å²) in [6, 6.07) is 7.23. The highest BCUT2D eigenvalue weighted by Gasteiger charge is 2.10. The largest absolute Gasteiger partial charge is 0.343 e. The van der Waals surface area contributed by atoms with Crippen LogP contribution in [0.4, 0.5) is 5.13 Å². The number of hydrogen-bond acceptors (Lipinski definition) is 4. The highest BCUT2D eigenvalue weighted by Crippen LogP contribution is 2.09. The summed E-state index contributed by atoms with van der Waals surface area (Å²) in [5, 5.41) is 7.46. The molecule has 19 heavy (non-hydrogen) atoms. The lowest BCUT2D eigenvalue weighted by Gasteiger charge is -2.07. The van der Waals surface area contributed by atoms with Crippen molar-refractivity contribution in [2.75, 3.05) is 11.9 Å². The van der Waals surface area contributed by atoms with Crippen LogP contribution in [0.25, 0.3) is 0 Å². The molecule has 2 aromatic rings. The summed E-state index contributed by atoms with van der Waals surface area (Å²) >= 11 is 1.33. The summed E-state index contributed by atoms with van der Waals surface area (Å²) < 4.78 is 0. The molecule has 0 fully saturated rings. The van der Waals surface area contributed by atoms with Crippen molar-refractivity contribution in [3.05, 3.63) is 47.0 Å². The van der Waals surface area contributed by atoms with Crippen LogP contribution in [0.1, 0.15) is 15.9 Å². The highest BCUT2D eigenvalue weighted by molar-refractivity contribution is 7.13. The number of carbonyl (C=O) groups excluding carboxylic acids is 2. The van der Waals surface area contributed by atoms with Gasteiger partial charge in [0, 0.05) is 17.1 Å². The monoisotopic (exact) mass is 275 g/mol. The molecule has 2 amide bonds. The maximum atomic E-state index is 11.9. The number of anilines is 1. The molecule has 2 rings (SSSR count). The zero-order chi connectivity index (χ0) is 13.7. The van der Waals surface area contributed by atoms with Crippen molar-refractivity contribution in [3.63, 3.8) is 0 Å². The zero-order valence-electron chi connectivity index (χ0n) is 10.3. The molecule has 2 N–H and O–H groups in total. The van der Waals surface area contributed by atoms with E-state index >= 15 is 0 Å². The molecule has 1 aromatic heterocycles. The number of amides is 2. The van der Waals surface area contributed by atoms with Gasteiger partial charge in [-0.05, 0) is 18.6 Å². The minimum absolute atomic E-state index is 0.0766. The third kappa shape index (κ3) is 3.62. The Bertz CT molecular complexity index is 581. The van der Waals surface area contributed by atoms with E-state index in [0.717, 1.165) is 5.56 Å². The van der Waals surface area contributed by atoms with Crippen molar-refractivity contribution in [2.45, 2.75) is 6.92 Å². The molecular weight excluding hydrogens is 262 g/mol. The number of carbonyl (C=O) groups is 2. The van der Waals surface area contributed by atoms with Crippen LogP contribution in [-0.2, 0) is 4.79 Å². The predicted octanol–water partition coefficient (Wildman–Crippen LogP) is 1.82. The molecule has 0 radical (unpaired) electrons. The first-order valence-corrected chi connectivity index (χ1v) is 6.58. The summed E-state index contributed by atoms with van der Waals surface area (Å²) in [5.74, 6) is -0.552. The molecule has 0 atom stereocenters. The number of rotatable bonds is 4. The van der Waals surface area contributed by atoms with Crippen molar-refractivity contribution >= 4 is 28.3 Å². The van der Waals surface area contributed by atoms with Gasteiger partial charge >= 0.3 is 0 Å². The van der Waals surface area contributed by atoms with Crippen LogP contribution >= 0.6 is 11.3 Å². The van der Waals surface area contributed by atoms with E-state index < -0.39 is 0 Å². The third-order valence-corrected chi connectivity index (χ3v) is 3.17. The molecule has 6 heteroatoms. The van der Waals surface area contributed by atoms with E-state index in [0.29, 0.717) is 10.7 Å². The van der Waals surface area contributed by atoms with Gasteiger partial charge in [-0.15, -0.1) is 11.3 Å². The summed E-state index contributed by atoms with van der Waals surface area (Å²) in [5.41, 5.74) is 1.45. The lowest BCUT2D eigenvalue weighted by atomic mass is 10.1. The topological polar surface area (TPSA) is 71.1 Å². The van der Waals surface area contributed by atoms with E-state index in [2.05, 4.69) is 15.6 Å². The Labute approximate surface area is 114 Å². The van der Waals surface area contributed by atoms with Crippen LogP contribution < -0.4 is 10.6 Å². The lowest BCUT2D eigenvalue weighted by molar-refractivity contribution is -0.115. The van der Waals surface area contributed by atoms with Gasteiger partial charge in [-0.3, -0.25) is 9.59 Å². The Morgan fingerprint density at radius 2 is 2.11 bits per heavy atom. The minimum Gasteiger partial charge on any atom is -0.343 e. The van der Waals surface area contributed by atoms with Crippen LogP contribution in [0.3, 0.4) is 0 Å².